The molecule has 1 unspecified atom stereocenters. The molecule has 0 heterocycles. The molecule has 0 N–H and O–H groups in total. The third kappa shape index (κ3) is 5.94. The Balaban J connectivity index is 1.88. The summed E-state index contributed by atoms with van der Waals surface area (Å²) in [4.78, 5) is 15.6. The largest absolute Gasteiger partial charge is 0.612 e. The molecule has 0 radical (unpaired) electrons. The van der Waals surface area contributed by atoms with Crippen molar-refractivity contribution >= 4 is 34.4 Å². The molecule has 0 saturated carbocycles. The van der Waals surface area contributed by atoms with Gasteiger partial charge in [0.1, 0.15) is 12.9 Å². The normalized spacial score (nSPS) is 15.0. The smallest absolute Gasteiger partial charge is 0.310 e. The Hall–Kier alpha value is -2.85. The van der Waals surface area contributed by atoms with Crippen LogP contribution in [0.4, 0.5) is 0 Å². The minimum Gasteiger partial charge on any atom is -0.612 e. The van der Waals surface area contributed by atoms with E-state index in [0.717, 1.165) is 57.9 Å². The van der Waals surface area contributed by atoms with Crippen LogP contribution in [0, 0.1) is 11.3 Å². The Morgan fingerprint density at radius 1 is 1.15 bits per heavy atom. The third-order valence-electron chi connectivity index (χ3n) is 6.03. The number of benzene rings is 2. The lowest BCUT2D eigenvalue weighted by Gasteiger charge is -2.17. The summed E-state index contributed by atoms with van der Waals surface area (Å²) in [6.07, 6.45) is 3.89. The van der Waals surface area contributed by atoms with Gasteiger partial charge in [0.15, 0.2) is 4.90 Å². The number of nitrogens with zero attached hydrogens (tertiary/aromatic N) is 2. The third-order valence-corrected chi connectivity index (χ3v) is 6.97. The van der Waals surface area contributed by atoms with Crippen LogP contribution in [0.5, 0.6) is 0 Å². The van der Waals surface area contributed by atoms with Crippen molar-refractivity contribution in [3.63, 3.8) is 0 Å². The van der Waals surface area contributed by atoms with E-state index in [2.05, 4.69) is 30.9 Å². The van der Waals surface area contributed by atoms with E-state index in [1.807, 2.05) is 43.3 Å². The number of carbonyl (C=O) groups excluding carboxylic acids is 1. The number of rotatable bonds is 9. The Kier molecular flexibility index (Phi) is 8.51. The molecule has 172 valence electrons. The highest BCUT2D eigenvalue weighted by atomic mass is 32.2. The van der Waals surface area contributed by atoms with Gasteiger partial charge in [-0.25, -0.2) is 0 Å². The molecule has 1 aliphatic rings. The number of hydrogen-bond acceptors (Lipinski definition) is 5. The van der Waals surface area contributed by atoms with E-state index in [1.165, 1.54) is 0 Å². The molecule has 2 aromatic carbocycles. The zero-order chi connectivity index (χ0) is 24.0. The predicted octanol–water partition coefficient (Wildman–Crippen LogP) is 4.90. The number of carbonyl (C=O) groups is 1. The van der Waals surface area contributed by atoms with Crippen LogP contribution in [-0.2, 0) is 20.7 Å². The lowest BCUT2D eigenvalue weighted by molar-refractivity contribution is -0.142. The van der Waals surface area contributed by atoms with Gasteiger partial charge in [0.25, 0.3) is 0 Å². The molecule has 0 aliphatic heterocycles. The van der Waals surface area contributed by atoms with Crippen molar-refractivity contribution in [1.82, 2.24) is 4.90 Å². The molecule has 3 rings (SSSR count). The van der Waals surface area contributed by atoms with Crippen molar-refractivity contribution in [3.05, 3.63) is 70.3 Å². The highest BCUT2D eigenvalue weighted by Gasteiger charge is 2.26. The molecule has 0 amide bonds. The Morgan fingerprint density at radius 3 is 2.45 bits per heavy atom. The van der Waals surface area contributed by atoms with E-state index in [0.29, 0.717) is 12.2 Å². The molecule has 0 spiro atoms. The van der Waals surface area contributed by atoms with Crippen LogP contribution >= 0.6 is 0 Å². The van der Waals surface area contributed by atoms with E-state index in [1.54, 1.807) is 12.3 Å². The van der Waals surface area contributed by atoms with Crippen LogP contribution in [0.25, 0.3) is 17.2 Å². The molecule has 0 bridgehead atoms. The maximum Gasteiger partial charge on any atom is 0.310 e. The first kappa shape index (κ1) is 24.8. The van der Waals surface area contributed by atoms with Crippen molar-refractivity contribution in [2.24, 2.45) is 0 Å². The topological polar surface area (TPSA) is 76.4 Å². The van der Waals surface area contributed by atoms with Crippen LogP contribution in [0.2, 0.25) is 0 Å². The van der Waals surface area contributed by atoms with Crippen LogP contribution in [0.15, 0.2) is 52.9 Å². The van der Waals surface area contributed by atoms with E-state index < -0.39 is 11.2 Å². The van der Waals surface area contributed by atoms with Gasteiger partial charge >= 0.3 is 5.97 Å². The minimum absolute atomic E-state index is 0.164. The van der Waals surface area contributed by atoms with Crippen LogP contribution < -0.4 is 0 Å². The average Bonchev–Trinajstić information content (AvgIpc) is 3.07. The summed E-state index contributed by atoms with van der Waals surface area (Å²) in [7, 11) is 0. The van der Waals surface area contributed by atoms with E-state index in [-0.39, 0.29) is 12.4 Å². The summed E-state index contributed by atoms with van der Waals surface area (Å²) >= 11 is -1.02. The first-order valence-electron chi connectivity index (χ1n) is 11.2. The number of ether oxygens (including phenoxy) is 1. The summed E-state index contributed by atoms with van der Waals surface area (Å²) in [6.45, 7) is 9.11. The predicted molar refractivity (Wildman–Crippen MR) is 134 cm³/mol. The fourth-order valence-electron chi connectivity index (χ4n) is 4.02. The van der Waals surface area contributed by atoms with Crippen molar-refractivity contribution in [2.75, 3.05) is 32.5 Å². The molecule has 0 fully saturated rings. The first-order chi connectivity index (χ1) is 15.9. The highest BCUT2D eigenvalue weighted by molar-refractivity contribution is 7.90. The van der Waals surface area contributed by atoms with Gasteiger partial charge < -0.3 is 14.2 Å². The first-order valence-corrected chi connectivity index (χ1v) is 12.7. The summed E-state index contributed by atoms with van der Waals surface area (Å²) < 4.78 is 17.2. The van der Waals surface area contributed by atoms with Crippen LogP contribution in [0.1, 0.15) is 49.4 Å². The molecule has 6 heteroatoms. The zero-order valence-corrected chi connectivity index (χ0v) is 20.5. The van der Waals surface area contributed by atoms with Gasteiger partial charge in [-0.2, -0.15) is 5.26 Å². The fourth-order valence-corrected chi connectivity index (χ4v) is 4.54. The number of esters is 1. The molecular weight excluding hydrogens is 432 g/mol. The molecule has 33 heavy (non-hydrogen) atoms. The molecule has 1 aliphatic carbocycles. The second kappa shape index (κ2) is 11.3. The lowest BCUT2D eigenvalue weighted by atomic mass is 9.99. The van der Waals surface area contributed by atoms with Crippen molar-refractivity contribution < 1.29 is 14.1 Å². The van der Waals surface area contributed by atoms with Gasteiger partial charge in [-0.05, 0) is 107 Å². The quantitative estimate of drug-likeness (QED) is 0.391. The second-order valence-corrected chi connectivity index (χ2v) is 9.36. The molecular formula is C27H30N2O3S. The van der Waals surface area contributed by atoms with E-state index in [9.17, 15) is 14.6 Å². The molecule has 0 saturated heterocycles. The summed E-state index contributed by atoms with van der Waals surface area (Å²) in [5.41, 5.74) is 6.37. The van der Waals surface area contributed by atoms with Crippen LogP contribution in [0.3, 0.4) is 0 Å². The summed E-state index contributed by atoms with van der Waals surface area (Å²) in [6, 6.07) is 15.4. The Labute approximate surface area is 199 Å². The van der Waals surface area contributed by atoms with Crippen molar-refractivity contribution in [3.8, 4) is 6.07 Å². The number of likely N-dealkylation sites (N-methyl/N-ethyl adjacent to an activating group) is 1. The zero-order valence-electron chi connectivity index (χ0n) is 19.7. The van der Waals surface area contributed by atoms with E-state index >= 15 is 0 Å². The number of hydrogen-bond donors (Lipinski definition) is 0. The van der Waals surface area contributed by atoms with Gasteiger partial charge in [-0.1, -0.05) is 19.9 Å². The van der Waals surface area contributed by atoms with Crippen molar-refractivity contribution in [1.29, 1.82) is 5.26 Å². The maximum absolute atomic E-state index is 12.6. The SMILES string of the molecule is CCN(CC)CCOC(=O)CC1=C(C)C(=Cc2ccc([S+](C)[O-])cc2)c2ccc(C#N)cc21. The Morgan fingerprint density at radius 2 is 1.85 bits per heavy atom. The van der Waals surface area contributed by atoms with Gasteiger partial charge in [-0.15, -0.1) is 0 Å². The fraction of sp³-hybridized carbons (Fsp3) is 0.333. The molecule has 2 aromatic rings. The van der Waals surface area contributed by atoms with Gasteiger partial charge in [0, 0.05) is 6.54 Å². The number of fused-ring (bicyclic) bond motifs is 1. The van der Waals surface area contributed by atoms with Crippen LogP contribution in [-0.4, -0.2) is 47.9 Å². The second-order valence-electron chi connectivity index (χ2n) is 7.98. The average molecular weight is 463 g/mol. The minimum atomic E-state index is -1.02. The lowest BCUT2D eigenvalue weighted by Crippen LogP contribution is -2.27. The number of allylic oxidation sites excluding steroid dienone is 2. The van der Waals surface area contributed by atoms with Gasteiger partial charge in [0.2, 0.25) is 0 Å². The van der Waals surface area contributed by atoms with Gasteiger partial charge in [-0.3, -0.25) is 4.79 Å². The summed E-state index contributed by atoms with van der Waals surface area (Å²) in [5.74, 6) is -0.263. The van der Waals surface area contributed by atoms with Gasteiger partial charge in [0.05, 0.1) is 18.1 Å². The summed E-state index contributed by atoms with van der Waals surface area (Å²) in [5, 5.41) is 9.39. The highest BCUT2D eigenvalue weighted by Crippen LogP contribution is 2.44. The molecule has 1 atom stereocenters. The Bertz CT molecular complexity index is 1110. The molecule has 0 aromatic heterocycles. The van der Waals surface area contributed by atoms with E-state index in [4.69, 9.17) is 4.74 Å². The molecule has 5 nitrogen and oxygen atoms in total. The monoisotopic (exact) mass is 462 g/mol. The standard InChI is InChI=1S/C27H30N2O3S/c1-5-29(6-2)13-14-32-27(30)17-25-19(3)24(23-12-9-21(18-28)16-26(23)25)15-20-7-10-22(11-8-20)33(4)31/h7-12,15-16H,5-6,13-14,17H2,1-4H3. The van der Waals surface area contributed by atoms with Crippen molar-refractivity contribution in [2.45, 2.75) is 32.1 Å². The maximum atomic E-state index is 12.6. The number of nitriles is 1.